The highest BCUT2D eigenvalue weighted by molar-refractivity contribution is 6.64. The van der Waals surface area contributed by atoms with Gasteiger partial charge in [-0.25, -0.2) is 0 Å². The van der Waals surface area contributed by atoms with E-state index in [2.05, 4.69) is 9.97 Å². The van der Waals surface area contributed by atoms with Crippen molar-refractivity contribution in [2.45, 2.75) is 25.7 Å². The molecule has 1 aliphatic rings. The summed E-state index contributed by atoms with van der Waals surface area (Å²) in [5, 5.41) is 1.34. The van der Waals surface area contributed by atoms with E-state index in [9.17, 15) is 19.2 Å². The zero-order chi connectivity index (χ0) is 21.2. The molecule has 6 heteroatoms. The van der Waals surface area contributed by atoms with E-state index in [1.807, 2.05) is 24.3 Å². The zero-order valence-electron chi connectivity index (χ0n) is 16.4. The van der Waals surface area contributed by atoms with Gasteiger partial charge >= 0.3 is 0 Å². The number of ketones is 4. The number of aromatic nitrogens is 2. The van der Waals surface area contributed by atoms with Gasteiger partial charge in [-0.05, 0) is 37.1 Å². The maximum absolute atomic E-state index is 13.2. The minimum atomic E-state index is -1.40. The fourth-order valence-electron chi connectivity index (χ4n) is 4.67. The molecule has 0 saturated heterocycles. The Kier molecular flexibility index (Phi) is 3.86. The number of aromatic amines is 2. The van der Waals surface area contributed by atoms with Crippen LogP contribution in [-0.4, -0.2) is 33.1 Å². The van der Waals surface area contributed by atoms with E-state index >= 15 is 0 Å². The summed E-state index contributed by atoms with van der Waals surface area (Å²) in [6.07, 6.45) is 0. The van der Waals surface area contributed by atoms with Gasteiger partial charge in [-0.3, -0.25) is 19.2 Å². The summed E-state index contributed by atoms with van der Waals surface area (Å²) in [7, 11) is 0. The van der Waals surface area contributed by atoms with Crippen molar-refractivity contribution >= 4 is 44.9 Å². The van der Waals surface area contributed by atoms with Crippen molar-refractivity contribution in [1.82, 2.24) is 9.97 Å². The van der Waals surface area contributed by atoms with Crippen LogP contribution in [0.4, 0.5) is 0 Å². The normalized spacial score (nSPS) is 19.9. The molecule has 1 saturated carbocycles. The van der Waals surface area contributed by atoms with Crippen molar-refractivity contribution in [2.75, 3.05) is 0 Å². The standard InChI is InChI=1S/C24H18N2O4/c1-11-17(13-7-3-5-9-15(13)25-11)19-21(27)23(29)20(24(30)22(19)28)18-12(2)26-16-10-6-4-8-14(16)18/h3-10,19-20,25-26H,1-2H3. The summed E-state index contributed by atoms with van der Waals surface area (Å²) in [5.41, 5.74) is 3.53. The number of H-pyrrole nitrogens is 2. The second-order valence-electron chi connectivity index (χ2n) is 7.74. The zero-order valence-corrected chi connectivity index (χ0v) is 16.4. The monoisotopic (exact) mass is 398 g/mol. The first-order valence-corrected chi connectivity index (χ1v) is 9.70. The van der Waals surface area contributed by atoms with Gasteiger partial charge < -0.3 is 9.97 Å². The van der Waals surface area contributed by atoms with Gasteiger partial charge in [-0.15, -0.1) is 0 Å². The molecule has 0 unspecified atom stereocenters. The summed E-state index contributed by atoms with van der Waals surface area (Å²) in [4.78, 5) is 59.0. The molecule has 2 aromatic carbocycles. The third kappa shape index (κ3) is 2.37. The molecule has 2 heterocycles. The second kappa shape index (κ2) is 6.35. The molecule has 0 spiro atoms. The lowest BCUT2D eigenvalue weighted by atomic mass is 9.71. The molecule has 0 bridgehead atoms. The Hall–Kier alpha value is -3.80. The van der Waals surface area contributed by atoms with Crippen LogP contribution in [0.2, 0.25) is 0 Å². The van der Waals surface area contributed by atoms with Crippen molar-refractivity contribution < 1.29 is 19.2 Å². The van der Waals surface area contributed by atoms with E-state index < -0.39 is 35.0 Å². The Morgan fingerprint density at radius 3 is 1.27 bits per heavy atom. The fraction of sp³-hybridized carbons (Fsp3) is 0.167. The van der Waals surface area contributed by atoms with E-state index in [1.165, 1.54) is 0 Å². The first kappa shape index (κ1) is 18.2. The smallest absolute Gasteiger partial charge is 0.214 e. The number of rotatable bonds is 2. The van der Waals surface area contributed by atoms with Crippen LogP contribution in [0.15, 0.2) is 48.5 Å². The van der Waals surface area contributed by atoms with Crippen LogP contribution < -0.4 is 0 Å². The van der Waals surface area contributed by atoms with E-state index in [0.29, 0.717) is 33.3 Å². The minimum Gasteiger partial charge on any atom is -0.358 e. The second-order valence-corrected chi connectivity index (χ2v) is 7.74. The Labute approximate surface area is 171 Å². The van der Waals surface area contributed by atoms with Gasteiger partial charge in [0.25, 0.3) is 0 Å². The number of para-hydroxylation sites is 2. The lowest BCUT2D eigenvalue weighted by Gasteiger charge is -2.25. The molecule has 6 nitrogen and oxygen atoms in total. The van der Waals surface area contributed by atoms with Crippen molar-refractivity contribution in [2.24, 2.45) is 0 Å². The Morgan fingerprint density at radius 1 is 0.567 bits per heavy atom. The van der Waals surface area contributed by atoms with Crippen molar-refractivity contribution in [3.63, 3.8) is 0 Å². The molecule has 0 atom stereocenters. The van der Waals surface area contributed by atoms with Gasteiger partial charge in [-0.1, -0.05) is 36.4 Å². The molecule has 2 N–H and O–H groups in total. The first-order valence-electron chi connectivity index (χ1n) is 9.70. The molecule has 2 aromatic heterocycles. The van der Waals surface area contributed by atoms with Crippen LogP contribution in [0.25, 0.3) is 21.8 Å². The number of aryl methyl sites for hydroxylation is 2. The number of hydrogen-bond donors (Lipinski definition) is 2. The number of hydrogen-bond acceptors (Lipinski definition) is 4. The number of nitrogens with one attached hydrogen (secondary N) is 2. The quantitative estimate of drug-likeness (QED) is 0.399. The van der Waals surface area contributed by atoms with Gasteiger partial charge in [-0.2, -0.15) is 0 Å². The minimum absolute atomic E-state index is 0.413. The SMILES string of the molecule is Cc1[nH]c2ccccc2c1C1C(=O)C(=O)C(c2c(C)[nH]c3ccccc23)C(=O)C1=O. The number of carbonyl (C=O) groups excluding carboxylic acids is 4. The van der Waals surface area contributed by atoms with Gasteiger partial charge in [0, 0.05) is 33.2 Å². The predicted molar refractivity (Wildman–Crippen MR) is 112 cm³/mol. The van der Waals surface area contributed by atoms with E-state index in [-0.39, 0.29) is 0 Å². The average molecular weight is 398 g/mol. The van der Waals surface area contributed by atoms with E-state index in [0.717, 1.165) is 11.0 Å². The summed E-state index contributed by atoms with van der Waals surface area (Å²) in [5.74, 6) is -6.13. The van der Waals surface area contributed by atoms with Crippen LogP contribution >= 0.6 is 0 Å². The van der Waals surface area contributed by atoms with Crippen molar-refractivity contribution in [3.8, 4) is 0 Å². The number of benzene rings is 2. The summed E-state index contributed by atoms with van der Waals surface area (Å²) < 4.78 is 0. The third-order valence-corrected chi connectivity index (χ3v) is 6.00. The summed E-state index contributed by atoms with van der Waals surface area (Å²) in [6, 6.07) is 14.4. The average Bonchev–Trinajstić information content (AvgIpc) is 3.23. The van der Waals surface area contributed by atoms with Crippen LogP contribution in [0, 0.1) is 13.8 Å². The van der Waals surface area contributed by atoms with E-state index in [1.54, 1.807) is 38.1 Å². The Bertz CT molecular complexity index is 1270. The summed E-state index contributed by atoms with van der Waals surface area (Å²) in [6.45, 7) is 3.47. The Morgan fingerprint density at radius 2 is 0.900 bits per heavy atom. The van der Waals surface area contributed by atoms with E-state index in [4.69, 9.17) is 0 Å². The molecule has 0 amide bonds. The molecule has 5 rings (SSSR count). The van der Waals surface area contributed by atoms with Gasteiger partial charge in [0.05, 0.1) is 0 Å². The molecule has 148 valence electrons. The molecule has 1 aliphatic carbocycles. The van der Waals surface area contributed by atoms with Crippen molar-refractivity contribution in [1.29, 1.82) is 0 Å². The number of Topliss-reactive ketones (excluding diaryl/α,β-unsaturated/α-hetero) is 4. The molecule has 30 heavy (non-hydrogen) atoms. The third-order valence-electron chi connectivity index (χ3n) is 6.00. The fourth-order valence-corrected chi connectivity index (χ4v) is 4.67. The van der Waals surface area contributed by atoms with Gasteiger partial charge in [0.1, 0.15) is 11.8 Å². The molecule has 0 radical (unpaired) electrons. The maximum Gasteiger partial charge on any atom is 0.214 e. The van der Waals surface area contributed by atoms with Gasteiger partial charge in [0.2, 0.25) is 23.1 Å². The first-order chi connectivity index (χ1) is 14.4. The topological polar surface area (TPSA) is 99.9 Å². The van der Waals surface area contributed by atoms with Crippen LogP contribution in [-0.2, 0) is 19.2 Å². The summed E-state index contributed by atoms with van der Waals surface area (Å²) >= 11 is 0. The van der Waals surface area contributed by atoms with Crippen molar-refractivity contribution in [3.05, 3.63) is 71.0 Å². The number of carbonyl (C=O) groups is 4. The highest BCUT2D eigenvalue weighted by Crippen LogP contribution is 2.39. The molecule has 4 aromatic rings. The molecular formula is C24H18N2O4. The Balaban J connectivity index is 1.66. The molecule has 0 aliphatic heterocycles. The number of fused-ring (bicyclic) bond motifs is 2. The highest BCUT2D eigenvalue weighted by atomic mass is 16.2. The van der Waals surface area contributed by atoms with Crippen LogP contribution in [0.5, 0.6) is 0 Å². The largest absolute Gasteiger partial charge is 0.358 e. The lowest BCUT2D eigenvalue weighted by molar-refractivity contribution is -0.150. The molecular weight excluding hydrogens is 380 g/mol. The molecule has 1 fully saturated rings. The van der Waals surface area contributed by atoms with Gasteiger partial charge in [0.15, 0.2) is 0 Å². The lowest BCUT2D eigenvalue weighted by Crippen LogP contribution is -2.46. The van der Waals surface area contributed by atoms with Crippen LogP contribution in [0.3, 0.4) is 0 Å². The maximum atomic E-state index is 13.2. The predicted octanol–water partition coefficient (Wildman–Crippen LogP) is 3.42. The highest BCUT2D eigenvalue weighted by Gasteiger charge is 2.51. The van der Waals surface area contributed by atoms with Crippen LogP contribution in [0.1, 0.15) is 34.4 Å².